The van der Waals surface area contributed by atoms with Gasteiger partial charge in [0.05, 0.1) is 10.4 Å². The first-order chi connectivity index (χ1) is 12.8. The fourth-order valence-electron chi connectivity index (χ4n) is 2.34. The molecule has 142 valence electrons. The number of carbonyl (C=O) groups is 1. The number of nitrogens with two attached hydrogens (primary N) is 1. The Bertz CT molecular complexity index is 905. The van der Waals surface area contributed by atoms with Gasteiger partial charge in [-0.15, -0.1) is 21.5 Å². The third-order valence-electron chi connectivity index (χ3n) is 3.69. The standard InChI is InChI=1S/C17H15F3N4OS2/c18-17(19,20)12-5-3-11(4-6-12)10-27-16-23-22-15(13-2-1-9-26-13)24(16)8-7-14(21)25/h1-6,9H,7-8,10H2,(H2,21,25). The molecule has 3 aromatic rings. The van der Waals surface area contributed by atoms with Crippen LogP contribution in [0.2, 0.25) is 0 Å². The molecular formula is C17H15F3N4OS2. The number of aromatic nitrogens is 3. The number of hydrogen-bond donors (Lipinski definition) is 1. The second-order valence-electron chi connectivity index (χ2n) is 5.63. The Morgan fingerprint density at radius 3 is 2.52 bits per heavy atom. The average Bonchev–Trinajstić information content (AvgIpc) is 3.27. The minimum atomic E-state index is -4.35. The van der Waals surface area contributed by atoms with Crippen LogP contribution in [0.15, 0.2) is 46.9 Å². The molecule has 0 saturated carbocycles. The zero-order valence-electron chi connectivity index (χ0n) is 13.9. The van der Waals surface area contributed by atoms with Crippen LogP contribution in [0, 0.1) is 0 Å². The number of primary amides is 1. The second kappa shape index (κ2) is 8.13. The summed E-state index contributed by atoms with van der Waals surface area (Å²) in [6.45, 7) is 0.338. The number of benzene rings is 1. The van der Waals surface area contributed by atoms with Crippen molar-refractivity contribution in [1.82, 2.24) is 14.8 Å². The molecule has 2 N–H and O–H groups in total. The van der Waals surface area contributed by atoms with Crippen LogP contribution in [0.4, 0.5) is 13.2 Å². The van der Waals surface area contributed by atoms with E-state index in [1.807, 2.05) is 22.1 Å². The van der Waals surface area contributed by atoms with Crippen LogP contribution in [0.1, 0.15) is 17.5 Å². The van der Waals surface area contributed by atoms with Gasteiger partial charge in [-0.25, -0.2) is 0 Å². The van der Waals surface area contributed by atoms with Crippen molar-refractivity contribution in [1.29, 1.82) is 0 Å². The summed E-state index contributed by atoms with van der Waals surface area (Å²) in [4.78, 5) is 12.1. The molecule has 2 heterocycles. The minimum absolute atomic E-state index is 0.143. The van der Waals surface area contributed by atoms with E-state index in [9.17, 15) is 18.0 Å². The molecule has 0 spiro atoms. The second-order valence-corrected chi connectivity index (χ2v) is 7.52. The third-order valence-corrected chi connectivity index (χ3v) is 5.59. The lowest BCUT2D eigenvalue weighted by Crippen LogP contribution is -2.14. The number of thioether (sulfide) groups is 1. The number of amides is 1. The predicted octanol–water partition coefficient (Wildman–Crippen LogP) is 4.19. The fourth-order valence-corrected chi connectivity index (χ4v) is 3.98. The molecule has 27 heavy (non-hydrogen) atoms. The van der Waals surface area contributed by atoms with Gasteiger partial charge in [0.1, 0.15) is 0 Å². The molecule has 0 radical (unpaired) electrons. The lowest BCUT2D eigenvalue weighted by molar-refractivity contribution is -0.137. The van der Waals surface area contributed by atoms with Crippen molar-refractivity contribution in [2.75, 3.05) is 0 Å². The summed E-state index contributed by atoms with van der Waals surface area (Å²) in [5.41, 5.74) is 5.30. The number of thiophene rings is 1. The molecule has 0 aliphatic heterocycles. The Morgan fingerprint density at radius 2 is 1.93 bits per heavy atom. The van der Waals surface area contributed by atoms with Crippen molar-refractivity contribution >= 4 is 29.0 Å². The van der Waals surface area contributed by atoms with Gasteiger partial charge in [-0.05, 0) is 29.1 Å². The number of halogens is 3. The number of alkyl halides is 3. The summed E-state index contributed by atoms with van der Waals surface area (Å²) in [6, 6.07) is 8.80. The zero-order valence-corrected chi connectivity index (χ0v) is 15.6. The molecule has 2 aromatic heterocycles. The van der Waals surface area contributed by atoms with Crippen molar-refractivity contribution in [3.8, 4) is 10.7 Å². The van der Waals surface area contributed by atoms with Gasteiger partial charge in [0, 0.05) is 18.7 Å². The largest absolute Gasteiger partial charge is 0.416 e. The first-order valence-electron chi connectivity index (χ1n) is 7.89. The number of nitrogens with zero attached hydrogens (tertiary/aromatic N) is 3. The van der Waals surface area contributed by atoms with Gasteiger partial charge in [0.15, 0.2) is 11.0 Å². The Hall–Kier alpha value is -2.33. The van der Waals surface area contributed by atoms with E-state index in [2.05, 4.69) is 10.2 Å². The maximum atomic E-state index is 12.6. The maximum absolute atomic E-state index is 12.6. The molecule has 10 heteroatoms. The zero-order chi connectivity index (χ0) is 19.4. The van der Waals surface area contributed by atoms with E-state index in [1.54, 1.807) is 0 Å². The Balaban J connectivity index is 1.77. The molecule has 5 nitrogen and oxygen atoms in total. The average molecular weight is 412 g/mol. The van der Waals surface area contributed by atoms with Gasteiger partial charge in [0.25, 0.3) is 0 Å². The summed E-state index contributed by atoms with van der Waals surface area (Å²) in [5.74, 6) is 0.637. The summed E-state index contributed by atoms with van der Waals surface area (Å²) in [7, 11) is 0. The monoisotopic (exact) mass is 412 g/mol. The van der Waals surface area contributed by atoms with Crippen LogP contribution in [-0.2, 0) is 23.3 Å². The highest BCUT2D eigenvalue weighted by Gasteiger charge is 2.29. The normalized spacial score (nSPS) is 11.7. The van der Waals surface area contributed by atoms with Crippen molar-refractivity contribution in [3.63, 3.8) is 0 Å². The number of carbonyl (C=O) groups excluding carboxylic acids is 1. The molecule has 0 unspecified atom stereocenters. The van der Waals surface area contributed by atoms with E-state index in [-0.39, 0.29) is 6.42 Å². The molecule has 1 aromatic carbocycles. The van der Waals surface area contributed by atoms with Gasteiger partial charge < -0.3 is 10.3 Å². The number of hydrogen-bond acceptors (Lipinski definition) is 5. The minimum Gasteiger partial charge on any atom is -0.370 e. The molecule has 0 fully saturated rings. The molecule has 0 aliphatic rings. The highest BCUT2D eigenvalue weighted by atomic mass is 32.2. The summed E-state index contributed by atoms with van der Waals surface area (Å²) >= 11 is 2.84. The van der Waals surface area contributed by atoms with Crippen molar-refractivity contribution in [2.45, 2.75) is 30.1 Å². The Morgan fingerprint density at radius 1 is 1.19 bits per heavy atom. The van der Waals surface area contributed by atoms with Gasteiger partial charge in [-0.2, -0.15) is 13.2 Å². The highest BCUT2D eigenvalue weighted by Crippen LogP contribution is 2.31. The molecule has 0 bridgehead atoms. The smallest absolute Gasteiger partial charge is 0.370 e. The lowest BCUT2D eigenvalue weighted by Gasteiger charge is -2.09. The van der Waals surface area contributed by atoms with Crippen LogP contribution in [-0.4, -0.2) is 20.7 Å². The van der Waals surface area contributed by atoms with Crippen LogP contribution < -0.4 is 5.73 Å². The van der Waals surface area contributed by atoms with E-state index in [0.717, 1.165) is 22.6 Å². The van der Waals surface area contributed by atoms with Crippen molar-refractivity contribution in [2.24, 2.45) is 5.73 Å². The Kier molecular flexibility index (Phi) is 5.85. The third kappa shape index (κ3) is 4.89. The highest BCUT2D eigenvalue weighted by molar-refractivity contribution is 7.98. The molecule has 1 amide bonds. The lowest BCUT2D eigenvalue weighted by atomic mass is 10.1. The van der Waals surface area contributed by atoms with Crippen LogP contribution in [0.25, 0.3) is 10.7 Å². The van der Waals surface area contributed by atoms with Crippen LogP contribution in [0.5, 0.6) is 0 Å². The molecule has 0 atom stereocenters. The molecule has 3 rings (SSSR count). The van der Waals surface area contributed by atoms with E-state index in [1.165, 1.54) is 35.2 Å². The maximum Gasteiger partial charge on any atom is 0.416 e. The van der Waals surface area contributed by atoms with E-state index in [4.69, 9.17) is 5.73 Å². The van der Waals surface area contributed by atoms with Crippen molar-refractivity contribution < 1.29 is 18.0 Å². The fraction of sp³-hybridized carbons (Fsp3) is 0.235. The van der Waals surface area contributed by atoms with Crippen LogP contribution >= 0.6 is 23.1 Å². The SMILES string of the molecule is NC(=O)CCn1c(SCc2ccc(C(F)(F)F)cc2)nnc1-c1cccs1. The summed E-state index contributed by atoms with van der Waals surface area (Å²) in [5, 5.41) is 10.9. The van der Waals surface area contributed by atoms with Gasteiger partial charge in [0.2, 0.25) is 5.91 Å². The number of rotatable bonds is 7. The predicted molar refractivity (Wildman–Crippen MR) is 98.2 cm³/mol. The quantitative estimate of drug-likeness (QED) is 0.591. The van der Waals surface area contributed by atoms with Gasteiger partial charge in [-0.1, -0.05) is 30.0 Å². The summed E-state index contributed by atoms with van der Waals surface area (Å²) in [6.07, 6.45) is -4.21. The van der Waals surface area contributed by atoms with Crippen LogP contribution in [0.3, 0.4) is 0 Å². The van der Waals surface area contributed by atoms with Gasteiger partial charge >= 0.3 is 6.18 Å². The molecular weight excluding hydrogens is 397 g/mol. The van der Waals surface area contributed by atoms with E-state index >= 15 is 0 Å². The first kappa shape index (κ1) is 19.4. The topological polar surface area (TPSA) is 73.8 Å². The summed E-state index contributed by atoms with van der Waals surface area (Å²) < 4.78 is 39.8. The Labute approximate surface area is 161 Å². The first-order valence-corrected chi connectivity index (χ1v) is 9.75. The molecule has 0 saturated heterocycles. The van der Waals surface area contributed by atoms with E-state index < -0.39 is 17.6 Å². The van der Waals surface area contributed by atoms with Gasteiger partial charge in [-0.3, -0.25) is 4.79 Å². The van der Waals surface area contributed by atoms with Crippen molar-refractivity contribution in [3.05, 3.63) is 52.9 Å². The van der Waals surface area contributed by atoms with E-state index in [0.29, 0.717) is 23.3 Å². The molecule has 0 aliphatic carbocycles.